The second-order valence-corrected chi connectivity index (χ2v) is 5.46. The van der Waals surface area contributed by atoms with E-state index >= 15 is 0 Å². The fourth-order valence-corrected chi connectivity index (χ4v) is 2.89. The Morgan fingerprint density at radius 3 is 3.13 bits per heavy atom. The van der Waals surface area contributed by atoms with E-state index in [9.17, 15) is 0 Å². The van der Waals surface area contributed by atoms with Gasteiger partial charge in [-0.3, -0.25) is 4.90 Å². The van der Waals surface area contributed by atoms with E-state index in [-0.39, 0.29) is 0 Å². The summed E-state index contributed by atoms with van der Waals surface area (Å²) in [5.74, 6) is 0. The van der Waals surface area contributed by atoms with Crippen molar-refractivity contribution in [3.63, 3.8) is 0 Å². The number of thiazole rings is 1. The summed E-state index contributed by atoms with van der Waals surface area (Å²) in [7, 11) is 2.17. The molecule has 2 rings (SSSR count). The molecule has 0 bridgehead atoms. The number of nitrogens with one attached hydrogen (secondary N) is 1. The maximum atomic E-state index is 4.31. The minimum absolute atomic E-state index is 0.310. The molecule has 0 radical (unpaired) electrons. The Hall–Kier alpha value is -0.450. The predicted molar refractivity (Wildman–Crippen MR) is 64.1 cm³/mol. The average Bonchev–Trinajstić information content (AvgIpc) is 2.76. The van der Waals surface area contributed by atoms with Gasteiger partial charge in [0, 0.05) is 24.0 Å². The molecule has 1 aromatic rings. The highest BCUT2D eigenvalue weighted by Gasteiger charge is 2.29. The fourth-order valence-electron chi connectivity index (χ4n) is 2.34. The quantitative estimate of drug-likeness (QED) is 0.845. The van der Waals surface area contributed by atoms with Crippen LogP contribution in [0.2, 0.25) is 0 Å². The highest BCUT2D eigenvalue weighted by molar-refractivity contribution is 7.07. The Kier molecular flexibility index (Phi) is 3.38. The van der Waals surface area contributed by atoms with E-state index in [0.717, 1.165) is 13.1 Å². The molecule has 1 aliphatic heterocycles. The molecule has 84 valence electrons. The summed E-state index contributed by atoms with van der Waals surface area (Å²) >= 11 is 1.67. The zero-order valence-corrected chi connectivity index (χ0v) is 10.3. The lowest BCUT2D eigenvalue weighted by atomic mass is 10.00. The first-order valence-corrected chi connectivity index (χ1v) is 6.43. The third-order valence-electron chi connectivity index (χ3n) is 2.99. The summed E-state index contributed by atoms with van der Waals surface area (Å²) in [6.45, 7) is 5.55. The maximum absolute atomic E-state index is 4.31. The molecule has 0 aliphatic carbocycles. The van der Waals surface area contributed by atoms with Crippen LogP contribution in [0.5, 0.6) is 0 Å². The first kappa shape index (κ1) is 11.0. The third kappa shape index (κ3) is 3.00. The van der Waals surface area contributed by atoms with Gasteiger partial charge in [-0.05, 0) is 33.4 Å². The molecule has 0 aromatic carbocycles. The van der Waals surface area contributed by atoms with Gasteiger partial charge in [-0.1, -0.05) is 0 Å². The van der Waals surface area contributed by atoms with Crippen LogP contribution in [-0.2, 0) is 6.54 Å². The van der Waals surface area contributed by atoms with Crippen LogP contribution in [0.1, 0.15) is 25.5 Å². The minimum Gasteiger partial charge on any atom is -0.310 e. The molecule has 3 nitrogen and oxygen atoms in total. The molecule has 1 saturated heterocycles. The van der Waals surface area contributed by atoms with Crippen molar-refractivity contribution in [3.05, 3.63) is 16.6 Å². The van der Waals surface area contributed by atoms with Crippen LogP contribution < -0.4 is 5.32 Å². The van der Waals surface area contributed by atoms with Crippen LogP contribution in [0.25, 0.3) is 0 Å². The topological polar surface area (TPSA) is 28.2 Å². The second kappa shape index (κ2) is 4.60. The lowest BCUT2D eigenvalue weighted by molar-refractivity contribution is 0.232. The molecule has 0 saturated carbocycles. The number of hydrogen-bond acceptors (Lipinski definition) is 4. The van der Waals surface area contributed by atoms with Crippen molar-refractivity contribution in [3.8, 4) is 0 Å². The average molecular weight is 225 g/mol. The van der Waals surface area contributed by atoms with Crippen molar-refractivity contribution in [1.82, 2.24) is 15.2 Å². The highest BCUT2D eigenvalue weighted by atomic mass is 32.1. The van der Waals surface area contributed by atoms with Crippen molar-refractivity contribution in [2.45, 2.75) is 31.8 Å². The maximum Gasteiger partial charge on any atom is 0.0795 e. The molecule has 1 unspecified atom stereocenters. The number of likely N-dealkylation sites (N-methyl/N-ethyl adjacent to an activating group) is 1. The van der Waals surface area contributed by atoms with Gasteiger partial charge in [0.05, 0.1) is 11.2 Å². The molecule has 2 heterocycles. The van der Waals surface area contributed by atoms with Gasteiger partial charge < -0.3 is 5.32 Å². The van der Waals surface area contributed by atoms with Crippen molar-refractivity contribution >= 4 is 11.3 Å². The van der Waals surface area contributed by atoms with Crippen LogP contribution in [0.4, 0.5) is 0 Å². The smallest absolute Gasteiger partial charge is 0.0795 e. The first-order valence-electron chi connectivity index (χ1n) is 5.49. The number of rotatable bonds is 4. The van der Waals surface area contributed by atoms with Crippen molar-refractivity contribution < 1.29 is 0 Å². The summed E-state index contributed by atoms with van der Waals surface area (Å²) in [6.07, 6.45) is 2.59. The Morgan fingerprint density at radius 2 is 2.53 bits per heavy atom. The summed E-state index contributed by atoms with van der Waals surface area (Å²) in [4.78, 5) is 6.66. The molecular weight excluding hydrogens is 206 g/mol. The molecule has 1 atom stereocenters. The SMILES string of the molecule is CN(Cc1cscn1)CC1(C)CCCN1. The standard InChI is InChI=1S/C11H19N3S/c1-11(4-3-5-13-11)8-14(2)6-10-7-15-9-12-10/h7,9,13H,3-6,8H2,1-2H3. The molecule has 0 spiro atoms. The van der Waals surface area contributed by atoms with Gasteiger partial charge >= 0.3 is 0 Å². The Labute approximate surface area is 95.5 Å². The van der Waals surface area contributed by atoms with E-state index in [1.54, 1.807) is 11.3 Å². The van der Waals surface area contributed by atoms with E-state index in [0.29, 0.717) is 5.54 Å². The fraction of sp³-hybridized carbons (Fsp3) is 0.727. The molecule has 15 heavy (non-hydrogen) atoms. The molecular formula is C11H19N3S. The van der Waals surface area contributed by atoms with Gasteiger partial charge in [-0.25, -0.2) is 4.98 Å². The highest BCUT2D eigenvalue weighted by Crippen LogP contribution is 2.19. The summed E-state index contributed by atoms with van der Waals surface area (Å²) in [5.41, 5.74) is 3.40. The van der Waals surface area contributed by atoms with E-state index in [2.05, 4.69) is 34.6 Å². The largest absolute Gasteiger partial charge is 0.310 e. The van der Waals surface area contributed by atoms with Crippen molar-refractivity contribution in [1.29, 1.82) is 0 Å². The Balaban J connectivity index is 1.84. The molecule has 1 aliphatic rings. The van der Waals surface area contributed by atoms with Crippen molar-refractivity contribution in [2.75, 3.05) is 20.1 Å². The molecule has 0 amide bonds. The van der Waals surface area contributed by atoms with Gasteiger partial charge in [0.15, 0.2) is 0 Å². The predicted octanol–water partition coefficient (Wildman–Crippen LogP) is 1.72. The third-order valence-corrected chi connectivity index (χ3v) is 3.63. The second-order valence-electron chi connectivity index (χ2n) is 4.74. The van der Waals surface area contributed by atoms with Gasteiger partial charge in [0.1, 0.15) is 0 Å². The normalized spacial score (nSPS) is 26.3. The summed E-state index contributed by atoms with van der Waals surface area (Å²) < 4.78 is 0. The zero-order chi connectivity index (χ0) is 10.7. The zero-order valence-electron chi connectivity index (χ0n) is 9.49. The monoisotopic (exact) mass is 225 g/mol. The molecule has 1 fully saturated rings. The van der Waals surface area contributed by atoms with E-state index < -0.39 is 0 Å². The molecule has 1 aromatic heterocycles. The van der Waals surface area contributed by atoms with Crippen LogP contribution in [0.15, 0.2) is 10.9 Å². The van der Waals surface area contributed by atoms with Crippen LogP contribution in [0.3, 0.4) is 0 Å². The lowest BCUT2D eigenvalue weighted by Crippen LogP contribution is -2.46. The Bertz CT molecular complexity index is 291. The Morgan fingerprint density at radius 1 is 1.67 bits per heavy atom. The van der Waals surface area contributed by atoms with Gasteiger partial charge in [0.25, 0.3) is 0 Å². The molecule has 1 N–H and O–H groups in total. The van der Waals surface area contributed by atoms with Crippen molar-refractivity contribution in [2.24, 2.45) is 0 Å². The lowest BCUT2D eigenvalue weighted by Gasteiger charge is -2.29. The van der Waals surface area contributed by atoms with E-state index in [1.807, 2.05) is 5.51 Å². The minimum atomic E-state index is 0.310. The summed E-state index contributed by atoms with van der Waals surface area (Å²) in [5, 5.41) is 5.71. The van der Waals surface area contributed by atoms with Crippen LogP contribution in [-0.4, -0.2) is 35.6 Å². The van der Waals surface area contributed by atoms with E-state index in [1.165, 1.54) is 25.1 Å². The van der Waals surface area contributed by atoms with Crippen LogP contribution in [0, 0.1) is 0 Å². The first-order chi connectivity index (χ1) is 7.18. The van der Waals surface area contributed by atoms with Crippen LogP contribution >= 0.6 is 11.3 Å². The molecule has 4 heteroatoms. The van der Waals surface area contributed by atoms with Gasteiger partial charge in [-0.15, -0.1) is 11.3 Å². The summed E-state index contributed by atoms with van der Waals surface area (Å²) in [6, 6.07) is 0. The van der Waals surface area contributed by atoms with E-state index in [4.69, 9.17) is 0 Å². The number of aromatic nitrogens is 1. The van der Waals surface area contributed by atoms with Gasteiger partial charge in [-0.2, -0.15) is 0 Å². The number of nitrogens with zero attached hydrogens (tertiary/aromatic N) is 2. The number of hydrogen-bond donors (Lipinski definition) is 1. The van der Waals surface area contributed by atoms with Gasteiger partial charge in [0.2, 0.25) is 0 Å².